The highest BCUT2D eigenvalue weighted by molar-refractivity contribution is 7.80. The molecule has 0 saturated carbocycles. The van der Waals surface area contributed by atoms with Crippen LogP contribution in [-0.2, 0) is 11.3 Å². The molecule has 0 fully saturated rings. The average Bonchev–Trinajstić information content (AvgIpc) is 2.98. The Kier molecular flexibility index (Phi) is 8.82. The number of aryl methyl sites for hydroxylation is 2. The Morgan fingerprint density at radius 1 is 1.00 bits per heavy atom. The maximum absolute atomic E-state index is 12.3. The molecule has 1 aliphatic rings. The first kappa shape index (κ1) is 29.5. The first-order chi connectivity index (χ1) is 20.7. The van der Waals surface area contributed by atoms with E-state index in [1.54, 1.807) is 18.2 Å². The number of fused-ring (bicyclic) bond motifs is 1. The molecule has 11 heteroatoms. The Bertz CT molecular complexity index is 1750. The Morgan fingerprint density at radius 3 is 2.47 bits per heavy atom. The van der Waals surface area contributed by atoms with Crippen molar-refractivity contribution in [1.82, 2.24) is 9.78 Å². The van der Waals surface area contributed by atoms with Gasteiger partial charge < -0.3 is 25.6 Å². The van der Waals surface area contributed by atoms with Crippen molar-refractivity contribution < 1.29 is 24.5 Å². The second kappa shape index (κ2) is 12.9. The molecule has 0 saturated heterocycles. The van der Waals surface area contributed by atoms with Crippen LogP contribution in [0.25, 0.3) is 11.3 Å². The van der Waals surface area contributed by atoms with Crippen LogP contribution in [0, 0.1) is 12.3 Å². The van der Waals surface area contributed by atoms with Crippen molar-refractivity contribution >= 4 is 40.6 Å². The zero-order valence-corrected chi connectivity index (χ0v) is 24.3. The van der Waals surface area contributed by atoms with E-state index in [9.17, 15) is 14.7 Å². The second-order valence-electron chi connectivity index (χ2n) is 10.3. The molecule has 0 spiro atoms. The van der Waals surface area contributed by atoms with Crippen molar-refractivity contribution in [3.05, 3.63) is 101 Å². The van der Waals surface area contributed by atoms with Gasteiger partial charge in [-0.1, -0.05) is 30.3 Å². The number of rotatable bonds is 9. The van der Waals surface area contributed by atoms with Crippen LogP contribution < -0.4 is 20.9 Å². The van der Waals surface area contributed by atoms with Gasteiger partial charge in [0.1, 0.15) is 11.2 Å². The Balaban J connectivity index is 1.27. The van der Waals surface area contributed by atoms with Crippen molar-refractivity contribution in [2.24, 2.45) is 0 Å². The number of benzene rings is 3. The van der Waals surface area contributed by atoms with Crippen LogP contribution in [0.2, 0.25) is 0 Å². The van der Waals surface area contributed by atoms with E-state index >= 15 is 0 Å². The van der Waals surface area contributed by atoms with Crippen LogP contribution in [0.3, 0.4) is 0 Å². The van der Waals surface area contributed by atoms with E-state index < -0.39 is 11.9 Å². The summed E-state index contributed by atoms with van der Waals surface area (Å²) in [6.07, 6.45) is 1.08. The van der Waals surface area contributed by atoms with Crippen molar-refractivity contribution in [2.75, 3.05) is 17.2 Å². The number of nitrogens with one attached hydrogen (secondary N) is 3. The van der Waals surface area contributed by atoms with E-state index in [1.165, 1.54) is 4.68 Å². The van der Waals surface area contributed by atoms with Crippen molar-refractivity contribution in [3.63, 3.8) is 0 Å². The first-order valence-electron chi connectivity index (χ1n) is 13.8. The van der Waals surface area contributed by atoms with Gasteiger partial charge >= 0.3 is 11.9 Å². The number of aliphatic carboxylic acids is 1. The van der Waals surface area contributed by atoms with E-state index in [-0.39, 0.29) is 23.4 Å². The predicted octanol–water partition coefficient (Wildman–Crippen LogP) is 5.62. The van der Waals surface area contributed by atoms with E-state index in [1.807, 2.05) is 61.5 Å². The van der Waals surface area contributed by atoms with Gasteiger partial charge in [-0.25, -0.2) is 9.48 Å². The van der Waals surface area contributed by atoms with E-state index in [2.05, 4.69) is 15.7 Å². The number of ether oxygens (including phenoxy) is 1. The minimum absolute atomic E-state index is 0.0125. The lowest BCUT2D eigenvalue weighted by molar-refractivity contribution is -0.137. The summed E-state index contributed by atoms with van der Waals surface area (Å²) in [5.41, 5.74) is 5.97. The van der Waals surface area contributed by atoms with Crippen LogP contribution in [0.4, 0.5) is 11.4 Å². The number of thiocarbonyl (C=S) groups is 1. The molecular formula is C32H31N5O5S. The summed E-state index contributed by atoms with van der Waals surface area (Å²) < 4.78 is 7.33. The summed E-state index contributed by atoms with van der Waals surface area (Å²) in [6, 6.07) is 22.1. The average molecular weight is 598 g/mol. The van der Waals surface area contributed by atoms with Gasteiger partial charge in [-0.2, -0.15) is 5.10 Å². The predicted molar refractivity (Wildman–Crippen MR) is 167 cm³/mol. The molecule has 10 nitrogen and oxygen atoms in total. The molecule has 0 radical (unpaired) electrons. The molecule has 0 aliphatic carbocycles. The van der Waals surface area contributed by atoms with Crippen molar-refractivity contribution in [3.8, 4) is 17.0 Å². The molecule has 220 valence electrons. The number of aromatic nitrogens is 2. The van der Waals surface area contributed by atoms with E-state index in [0.29, 0.717) is 42.5 Å². The zero-order chi connectivity index (χ0) is 30.5. The fraction of sp³-hybridized carbons (Fsp3) is 0.219. The number of carboxylic acid groups (broad SMARTS) is 2. The van der Waals surface area contributed by atoms with Crippen LogP contribution in [0.5, 0.6) is 5.75 Å². The molecule has 1 unspecified atom stereocenters. The van der Waals surface area contributed by atoms with Crippen molar-refractivity contribution in [2.45, 2.75) is 38.6 Å². The topological polar surface area (TPSA) is 150 Å². The molecule has 43 heavy (non-hydrogen) atoms. The summed E-state index contributed by atoms with van der Waals surface area (Å²) in [6.45, 7) is 2.86. The Labute approximate surface area is 253 Å². The minimum atomic E-state index is -1.01. The van der Waals surface area contributed by atoms with Gasteiger partial charge in [0.25, 0.3) is 0 Å². The minimum Gasteiger partial charge on any atom is -0.493 e. The van der Waals surface area contributed by atoms with Crippen LogP contribution in [0.1, 0.15) is 52.2 Å². The molecule has 5 N–H and O–H groups in total. The Morgan fingerprint density at radius 2 is 1.72 bits per heavy atom. The zero-order valence-electron chi connectivity index (χ0n) is 23.5. The first-order valence-corrected chi connectivity index (χ1v) is 14.2. The summed E-state index contributed by atoms with van der Waals surface area (Å²) in [4.78, 5) is 23.1. The summed E-state index contributed by atoms with van der Waals surface area (Å²) in [7, 11) is 0. The normalized spacial score (nSPS) is 13.8. The number of carbonyl (C=O) groups is 2. The van der Waals surface area contributed by atoms with Gasteiger partial charge in [0.2, 0.25) is 0 Å². The molecule has 1 atom stereocenters. The van der Waals surface area contributed by atoms with Gasteiger partial charge in [0.05, 0.1) is 17.9 Å². The fourth-order valence-corrected chi connectivity index (χ4v) is 5.36. The lowest BCUT2D eigenvalue weighted by Crippen LogP contribution is -2.23. The van der Waals surface area contributed by atoms with Crippen molar-refractivity contribution in [1.29, 1.82) is 5.41 Å². The third kappa shape index (κ3) is 7.07. The molecule has 1 aromatic heterocycles. The molecular weight excluding hydrogens is 566 g/mol. The highest BCUT2D eigenvalue weighted by Gasteiger charge is 2.27. The number of nitrogens with zero attached hydrogens (tertiary/aromatic N) is 2. The standard InChI is InChI=1S/C32H31N5O5S/c1-19-4-10-25-24(14-16-42-28(25)17-19)23-11-9-22(18-26(23)31(40)41)35-32(43)34-21-7-5-20(6-8-21)27-12-13-29(33)37(36-27)15-2-3-30(38)39/h4-13,17-18,24,33H,2-3,14-16H2,1H3,(H,38,39)(H,40,41)(H2,34,35,43). The second-order valence-corrected chi connectivity index (χ2v) is 10.7. The third-order valence-electron chi connectivity index (χ3n) is 7.23. The van der Waals surface area contributed by atoms with Crippen LogP contribution in [-0.4, -0.2) is 43.7 Å². The molecule has 1 aliphatic heterocycles. The van der Waals surface area contributed by atoms with Gasteiger partial charge in [-0.3, -0.25) is 10.2 Å². The third-order valence-corrected chi connectivity index (χ3v) is 7.43. The van der Waals surface area contributed by atoms with Crippen LogP contribution >= 0.6 is 12.2 Å². The smallest absolute Gasteiger partial charge is 0.336 e. The number of carboxylic acids is 2. The van der Waals surface area contributed by atoms with Gasteiger partial charge in [0, 0.05) is 41.4 Å². The molecule has 4 aromatic rings. The van der Waals surface area contributed by atoms with Gasteiger partial charge in [-0.15, -0.1) is 0 Å². The summed E-state index contributed by atoms with van der Waals surface area (Å²) in [5, 5.41) is 38.0. The van der Waals surface area contributed by atoms with Gasteiger partial charge in [-0.05, 0) is 85.6 Å². The summed E-state index contributed by atoms with van der Waals surface area (Å²) >= 11 is 5.50. The highest BCUT2D eigenvalue weighted by atomic mass is 32.1. The number of aromatic carboxylic acids is 1. The molecule has 0 bridgehead atoms. The number of anilines is 2. The monoisotopic (exact) mass is 597 g/mol. The highest BCUT2D eigenvalue weighted by Crippen LogP contribution is 2.40. The van der Waals surface area contributed by atoms with Gasteiger partial charge in [0.15, 0.2) is 5.11 Å². The van der Waals surface area contributed by atoms with E-state index in [0.717, 1.165) is 33.7 Å². The van der Waals surface area contributed by atoms with Crippen LogP contribution in [0.15, 0.2) is 72.8 Å². The maximum atomic E-state index is 12.3. The molecule has 0 amide bonds. The Hall–Kier alpha value is -5.03. The lowest BCUT2D eigenvalue weighted by Gasteiger charge is -2.28. The molecule has 2 heterocycles. The SMILES string of the molecule is Cc1ccc2c(c1)OCCC2c1ccc(NC(=S)Nc2ccc(-c3ccc(=N)n(CCCC(=O)O)n3)cc2)cc1C(=O)O. The number of hydrogen-bond donors (Lipinski definition) is 5. The molecule has 3 aromatic carbocycles. The maximum Gasteiger partial charge on any atom is 0.336 e. The summed E-state index contributed by atoms with van der Waals surface area (Å²) in [5.74, 6) is -1.18. The largest absolute Gasteiger partial charge is 0.493 e. The lowest BCUT2D eigenvalue weighted by atomic mass is 9.83. The quantitative estimate of drug-likeness (QED) is 0.155. The van der Waals surface area contributed by atoms with E-state index in [4.69, 9.17) is 27.5 Å². The molecule has 5 rings (SSSR count). The number of hydrogen-bond acceptors (Lipinski definition) is 6. The fourth-order valence-electron chi connectivity index (χ4n) is 5.13.